The van der Waals surface area contributed by atoms with Crippen molar-refractivity contribution < 1.29 is 9.26 Å². The fourth-order valence-corrected chi connectivity index (χ4v) is 1.89. The smallest absolute Gasteiger partial charge is 0.226 e. The monoisotopic (exact) mass is 225 g/mol. The highest BCUT2D eigenvalue weighted by Crippen LogP contribution is 2.15. The molecule has 2 heterocycles. The number of aryl methyl sites for hydroxylation is 1. The molecule has 2 rings (SSSR count). The van der Waals surface area contributed by atoms with E-state index in [4.69, 9.17) is 9.26 Å². The van der Waals surface area contributed by atoms with Crippen LogP contribution in [0.5, 0.6) is 0 Å². The van der Waals surface area contributed by atoms with Crippen LogP contribution in [0.4, 0.5) is 0 Å². The minimum absolute atomic E-state index is 0.331. The standard InChI is InChI=1S/C11H19N3O2/c1-3-11-13-10(14-16-11)7-12-8(2)9-5-4-6-15-9/h8-9,12H,3-7H2,1-2H3/t8-,9+/m1/s1. The lowest BCUT2D eigenvalue weighted by atomic mass is 10.1. The first-order chi connectivity index (χ1) is 7.79. The molecule has 0 unspecified atom stereocenters. The predicted octanol–water partition coefficient (Wildman–Crippen LogP) is 1.29. The molecule has 1 aliphatic rings. The first kappa shape index (κ1) is 11.5. The van der Waals surface area contributed by atoms with Crippen molar-refractivity contribution in [2.45, 2.75) is 51.8 Å². The van der Waals surface area contributed by atoms with Gasteiger partial charge in [-0.25, -0.2) is 0 Å². The Morgan fingerprint density at radius 3 is 3.06 bits per heavy atom. The molecule has 1 saturated heterocycles. The van der Waals surface area contributed by atoms with Gasteiger partial charge in [0.2, 0.25) is 5.89 Å². The Kier molecular flexibility index (Phi) is 3.90. The summed E-state index contributed by atoms with van der Waals surface area (Å²) in [4.78, 5) is 4.25. The quantitative estimate of drug-likeness (QED) is 0.818. The van der Waals surface area contributed by atoms with E-state index in [0.717, 1.165) is 25.3 Å². The highest BCUT2D eigenvalue weighted by Gasteiger charge is 2.22. The van der Waals surface area contributed by atoms with E-state index in [1.807, 2.05) is 6.92 Å². The first-order valence-corrected chi connectivity index (χ1v) is 5.96. The van der Waals surface area contributed by atoms with Crippen LogP contribution in [0.25, 0.3) is 0 Å². The summed E-state index contributed by atoms with van der Waals surface area (Å²) in [7, 11) is 0. The van der Waals surface area contributed by atoms with Gasteiger partial charge in [-0.2, -0.15) is 4.98 Å². The Morgan fingerprint density at radius 2 is 2.44 bits per heavy atom. The molecular formula is C11H19N3O2. The van der Waals surface area contributed by atoms with E-state index in [2.05, 4.69) is 22.4 Å². The third-order valence-corrected chi connectivity index (χ3v) is 2.92. The molecule has 0 bridgehead atoms. The van der Waals surface area contributed by atoms with Crippen molar-refractivity contribution in [2.24, 2.45) is 0 Å². The molecule has 1 fully saturated rings. The van der Waals surface area contributed by atoms with Crippen molar-refractivity contribution in [1.82, 2.24) is 15.5 Å². The molecule has 0 aliphatic carbocycles. The molecule has 0 spiro atoms. The lowest BCUT2D eigenvalue weighted by Crippen LogP contribution is -2.36. The molecule has 2 atom stereocenters. The Balaban J connectivity index is 1.77. The van der Waals surface area contributed by atoms with Gasteiger partial charge in [0.25, 0.3) is 0 Å². The van der Waals surface area contributed by atoms with E-state index in [1.54, 1.807) is 0 Å². The molecular weight excluding hydrogens is 206 g/mol. The van der Waals surface area contributed by atoms with Crippen LogP contribution in [0.15, 0.2) is 4.52 Å². The maximum Gasteiger partial charge on any atom is 0.226 e. The maximum atomic E-state index is 5.60. The van der Waals surface area contributed by atoms with Crippen LogP contribution in [0.3, 0.4) is 0 Å². The van der Waals surface area contributed by atoms with E-state index < -0.39 is 0 Å². The molecule has 16 heavy (non-hydrogen) atoms. The van der Waals surface area contributed by atoms with Gasteiger partial charge in [-0.3, -0.25) is 0 Å². The summed E-state index contributed by atoms with van der Waals surface area (Å²) in [6.45, 7) is 5.67. The number of ether oxygens (including phenoxy) is 1. The highest BCUT2D eigenvalue weighted by molar-refractivity contribution is 4.87. The van der Waals surface area contributed by atoms with Gasteiger partial charge in [-0.05, 0) is 19.8 Å². The van der Waals surface area contributed by atoms with Crippen molar-refractivity contribution in [3.63, 3.8) is 0 Å². The molecule has 90 valence electrons. The van der Waals surface area contributed by atoms with E-state index in [9.17, 15) is 0 Å². The number of hydrogen-bond donors (Lipinski definition) is 1. The molecule has 1 aromatic heterocycles. The van der Waals surface area contributed by atoms with Crippen LogP contribution in [0.2, 0.25) is 0 Å². The molecule has 5 nitrogen and oxygen atoms in total. The fraction of sp³-hybridized carbons (Fsp3) is 0.818. The van der Waals surface area contributed by atoms with Crippen LogP contribution in [0, 0.1) is 0 Å². The van der Waals surface area contributed by atoms with Gasteiger partial charge in [-0.1, -0.05) is 12.1 Å². The number of rotatable bonds is 5. The normalized spacial score (nSPS) is 22.5. The second-order valence-corrected chi connectivity index (χ2v) is 4.18. The lowest BCUT2D eigenvalue weighted by Gasteiger charge is -2.18. The zero-order chi connectivity index (χ0) is 11.4. The summed E-state index contributed by atoms with van der Waals surface area (Å²) in [5.41, 5.74) is 0. The lowest BCUT2D eigenvalue weighted by molar-refractivity contribution is 0.0829. The first-order valence-electron chi connectivity index (χ1n) is 5.96. The zero-order valence-corrected chi connectivity index (χ0v) is 9.90. The third-order valence-electron chi connectivity index (χ3n) is 2.92. The van der Waals surface area contributed by atoms with Crippen LogP contribution < -0.4 is 5.32 Å². The summed E-state index contributed by atoms with van der Waals surface area (Å²) in [6.07, 6.45) is 3.42. The molecule has 0 amide bonds. The molecule has 1 aliphatic heterocycles. The zero-order valence-electron chi connectivity index (χ0n) is 9.90. The maximum absolute atomic E-state index is 5.60. The summed E-state index contributed by atoms with van der Waals surface area (Å²) >= 11 is 0. The van der Waals surface area contributed by atoms with Crippen LogP contribution >= 0.6 is 0 Å². The molecule has 0 saturated carbocycles. The second kappa shape index (κ2) is 5.41. The van der Waals surface area contributed by atoms with Gasteiger partial charge in [-0.15, -0.1) is 0 Å². The van der Waals surface area contributed by atoms with Crippen LogP contribution in [-0.2, 0) is 17.7 Å². The minimum Gasteiger partial charge on any atom is -0.377 e. The number of hydrogen-bond acceptors (Lipinski definition) is 5. The second-order valence-electron chi connectivity index (χ2n) is 4.18. The average Bonchev–Trinajstić information content (AvgIpc) is 2.96. The average molecular weight is 225 g/mol. The van der Waals surface area contributed by atoms with Crippen LogP contribution in [0.1, 0.15) is 38.4 Å². The van der Waals surface area contributed by atoms with Crippen molar-refractivity contribution in [3.05, 3.63) is 11.7 Å². The van der Waals surface area contributed by atoms with Gasteiger partial charge in [0, 0.05) is 19.1 Å². The van der Waals surface area contributed by atoms with Gasteiger partial charge in [0.05, 0.1) is 12.6 Å². The minimum atomic E-state index is 0.331. The fourth-order valence-electron chi connectivity index (χ4n) is 1.89. The number of nitrogens with one attached hydrogen (secondary N) is 1. The summed E-state index contributed by atoms with van der Waals surface area (Å²) in [5, 5.41) is 7.26. The number of nitrogens with zero attached hydrogens (tertiary/aromatic N) is 2. The molecule has 0 aromatic carbocycles. The summed E-state index contributed by atoms with van der Waals surface area (Å²) < 4.78 is 10.6. The Labute approximate surface area is 95.6 Å². The van der Waals surface area contributed by atoms with Crippen molar-refractivity contribution in [2.75, 3.05) is 6.61 Å². The van der Waals surface area contributed by atoms with E-state index in [1.165, 1.54) is 6.42 Å². The molecule has 1 aromatic rings. The van der Waals surface area contributed by atoms with E-state index >= 15 is 0 Å². The molecule has 5 heteroatoms. The predicted molar refractivity (Wildman–Crippen MR) is 59.0 cm³/mol. The Morgan fingerprint density at radius 1 is 1.56 bits per heavy atom. The largest absolute Gasteiger partial charge is 0.377 e. The SMILES string of the molecule is CCc1nc(CN[C@H](C)[C@@H]2CCCO2)no1. The van der Waals surface area contributed by atoms with Gasteiger partial charge in [0.1, 0.15) is 0 Å². The van der Waals surface area contributed by atoms with Crippen molar-refractivity contribution >= 4 is 0 Å². The van der Waals surface area contributed by atoms with Gasteiger partial charge < -0.3 is 14.6 Å². The topological polar surface area (TPSA) is 60.2 Å². The Hall–Kier alpha value is -0.940. The molecule has 1 N–H and O–H groups in total. The van der Waals surface area contributed by atoms with Gasteiger partial charge >= 0.3 is 0 Å². The number of aromatic nitrogens is 2. The third kappa shape index (κ3) is 2.80. The Bertz CT molecular complexity index is 321. The summed E-state index contributed by atoms with van der Waals surface area (Å²) in [6, 6.07) is 0.339. The van der Waals surface area contributed by atoms with Gasteiger partial charge in [0.15, 0.2) is 5.82 Å². The van der Waals surface area contributed by atoms with E-state index in [0.29, 0.717) is 24.6 Å². The highest BCUT2D eigenvalue weighted by atomic mass is 16.5. The van der Waals surface area contributed by atoms with Crippen LogP contribution in [-0.4, -0.2) is 28.9 Å². The van der Waals surface area contributed by atoms with Crippen molar-refractivity contribution in [1.29, 1.82) is 0 Å². The summed E-state index contributed by atoms with van der Waals surface area (Å²) in [5.74, 6) is 1.42. The van der Waals surface area contributed by atoms with Crippen molar-refractivity contribution in [3.8, 4) is 0 Å². The molecule has 0 radical (unpaired) electrons. The van der Waals surface area contributed by atoms with E-state index in [-0.39, 0.29) is 0 Å².